The lowest BCUT2D eigenvalue weighted by Gasteiger charge is -2.49. The number of aromatic nitrogens is 1. The van der Waals surface area contributed by atoms with Gasteiger partial charge in [-0.25, -0.2) is 4.39 Å². The Bertz CT molecular complexity index is 1040. The number of pyridine rings is 1. The number of hydrogen-bond donors (Lipinski definition) is 0. The predicted octanol–water partition coefficient (Wildman–Crippen LogP) is 8.25. The zero-order valence-electron chi connectivity index (χ0n) is 19.6. The van der Waals surface area contributed by atoms with E-state index >= 15 is 4.39 Å². The zero-order valence-corrected chi connectivity index (χ0v) is 19.6. The van der Waals surface area contributed by atoms with Crippen LogP contribution in [0.15, 0.2) is 47.9 Å². The molecule has 0 radical (unpaired) electrons. The van der Waals surface area contributed by atoms with E-state index < -0.39 is 0 Å². The van der Waals surface area contributed by atoms with Crippen molar-refractivity contribution in [1.82, 2.24) is 4.98 Å². The molecule has 3 unspecified atom stereocenters. The summed E-state index contributed by atoms with van der Waals surface area (Å²) in [5, 5.41) is 2.43. The van der Waals surface area contributed by atoms with E-state index in [1.54, 1.807) is 0 Å². The highest BCUT2D eigenvalue weighted by Crippen LogP contribution is 2.59. The van der Waals surface area contributed by atoms with Crippen molar-refractivity contribution in [3.63, 3.8) is 0 Å². The van der Waals surface area contributed by atoms with Gasteiger partial charge in [-0.1, -0.05) is 73.1 Å². The Morgan fingerprint density at radius 1 is 1.20 bits per heavy atom. The van der Waals surface area contributed by atoms with Gasteiger partial charge in [-0.3, -0.25) is 4.98 Å². The molecule has 160 valence electrons. The van der Waals surface area contributed by atoms with Gasteiger partial charge in [0.25, 0.3) is 0 Å². The summed E-state index contributed by atoms with van der Waals surface area (Å²) in [6, 6.07) is 8.52. The van der Waals surface area contributed by atoms with Gasteiger partial charge in [0.2, 0.25) is 0 Å². The second-order valence-electron chi connectivity index (χ2n) is 10.7. The van der Waals surface area contributed by atoms with Crippen molar-refractivity contribution in [2.24, 2.45) is 23.2 Å². The van der Waals surface area contributed by atoms with Gasteiger partial charge < -0.3 is 0 Å². The van der Waals surface area contributed by atoms with E-state index in [-0.39, 0.29) is 22.6 Å². The van der Waals surface area contributed by atoms with Crippen molar-refractivity contribution in [1.29, 1.82) is 0 Å². The Hall–Kier alpha value is -1.96. The van der Waals surface area contributed by atoms with Crippen LogP contribution in [0.5, 0.6) is 0 Å². The highest BCUT2D eigenvalue weighted by Gasteiger charge is 2.48. The highest BCUT2D eigenvalue weighted by atomic mass is 19.1. The SMILES string of the molecule is CCC(C)C(C)(CC(C)C)C1CC=C(F)C2=C1c1nccc3cccc(c13)C2(C)C. The van der Waals surface area contributed by atoms with E-state index in [0.29, 0.717) is 11.8 Å². The smallest absolute Gasteiger partial charge is 0.123 e. The minimum Gasteiger partial charge on any atom is -0.256 e. The number of halogens is 1. The minimum atomic E-state index is -0.377. The molecule has 1 aromatic heterocycles. The maximum atomic E-state index is 15.6. The summed E-state index contributed by atoms with van der Waals surface area (Å²) in [6.45, 7) is 16.1. The molecule has 0 N–H and O–H groups in total. The van der Waals surface area contributed by atoms with Crippen LogP contribution >= 0.6 is 0 Å². The standard InChI is InChI=1S/C28H36FN/c1-8-18(4)28(7,16-17(2)3)21-12-13-22(29)25-24(21)26-23-19(14-15-30-26)10-9-11-20(23)27(25,5)6/h9-11,13-15,17-18,21H,8,12,16H2,1-7H3. The number of benzene rings is 1. The van der Waals surface area contributed by atoms with E-state index in [4.69, 9.17) is 4.98 Å². The van der Waals surface area contributed by atoms with Crippen LogP contribution < -0.4 is 0 Å². The van der Waals surface area contributed by atoms with E-state index in [9.17, 15) is 0 Å². The molecule has 2 aromatic rings. The summed E-state index contributed by atoms with van der Waals surface area (Å²) >= 11 is 0. The van der Waals surface area contributed by atoms with Gasteiger partial charge in [-0.15, -0.1) is 0 Å². The second kappa shape index (κ2) is 7.32. The molecule has 0 aliphatic heterocycles. The first-order valence-electron chi connectivity index (χ1n) is 11.6. The van der Waals surface area contributed by atoms with Crippen LogP contribution in [0.3, 0.4) is 0 Å². The molecule has 0 saturated carbocycles. The van der Waals surface area contributed by atoms with Crippen LogP contribution in [0.25, 0.3) is 16.3 Å². The summed E-state index contributed by atoms with van der Waals surface area (Å²) in [6.07, 6.45) is 6.79. The van der Waals surface area contributed by atoms with E-state index in [1.165, 1.54) is 21.9 Å². The Kier molecular flexibility index (Phi) is 5.19. The topological polar surface area (TPSA) is 12.9 Å². The lowest BCUT2D eigenvalue weighted by atomic mass is 9.55. The molecule has 30 heavy (non-hydrogen) atoms. The molecule has 0 saturated heterocycles. The molecule has 3 atom stereocenters. The first-order chi connectivity index (χ1) is 14.1. The third kappa shape index (κ3) is 2.98. The van der Waals surface area contributed by atoms with Crippen LogP contribution in [0.2, 0.25) is 0 Å². The first-order valence-corrected chi connectivity index (χ1v) is 11.6. The normalized spacial score (nSPS) is 23.2. The molecule has 0 fully saturated rings. The fraction of sp³-hybridized carbons (Fsp3) is 0.536. The van der Waals surface area contributed by atoms with Gasteiger partial charge in [0, 0.05) is 22.6 Å². The van der Waals surface area contributed by atoms with Crippen molar-refractivity contribution in [3.8, 4) is 0 Å². The van der Waals surface area contributed by atoms with Gasteiger partial charge in [0.1, 0.15) is 5.83 Å². The lowest BCUT2D eigenvalue weighted by Crippen LogP contribution is -2.40. The third-order valence-corrected chi connectivity index (χ3v) is 8.12. The Balaban J connectivity index is 2.05. The van der Waals surface area contributed by atoms with Crippen molar-refractivity contribution in [2.75, 3.05) is 0 Å². The summed E-state index contributed by atoms with van der Waals surface area (Å²) in [4.78, 5) is 4.90. The number of allylic oxidation sites excluding steroid dienone is 4. The molecule has 4 rings (SSSR count). The van der Waals surface area contributed by atoms with Crippen molar-refractivity contribution >= 4 is 16.3 Å². The summed E-state index contributed by atoms with van der Waals surface area (Å²) in [5.41, 5.74) is 3.97. The molecule has 2 aliphatic rings. The lowest BCUT2D eigenvalue weighted by molar-refractivity contribution is 0.100. The van der Waals surface area contributed by atoms with E-state index in [1.807, 2.05) is 12.3 Å². The number of nitrogens with zero attached hydrogens (tertiary/aromatic N) is 1. The van der Waals surface area contributed by atoms with Gasteiger partial charge in [-0.2, -0.15) is 0 Å². The summed E-state index contributed by atoms with van der Waals surface area (Å²) in [5.74, 6) is 1.37. The van der Waals surface area contributed by atoms with Gasteiger partial charge in [0.05, 0.1) is 5.69 Å². The number of hydrogen-bond acceptors (Lipinski definition) is 1. The van der Waals surface area contributed by atoms with Crippen LogP contribution in [0.1, 0.15) is 79.0 Å². The van der Waals surface area contributed by atoms with Crippen LogP contribution in [-0.4, -0.2) is 4.98 Å². The maximum absolute atomic E-state index is 15.6. The monoisotopic (exact) mass is 405 g/mol. The van der Waals surface area contributed by atoms with E-state index in [0.717, 1.165) is 30.5 Å². The first kappa shape index (κ1) is 21.3. The molecule has 0 bridgehead atoms. The van der Waals surface area contributed by atoms with Crippen LogP contribution in [-0.2, 0) is 5.41 Å². The molecule has 2 heteroatoms. The molecular formula is C28H36FN. The molecular weight excluding hydrogens is 369 g/mol. The van der Waals surface area contributed by atoms with Gasteiger partial charge >= 0.3 is 0 Å². The van der Waals surface area contributed by atoms with Crippen molar-refractivity contribution < 1.29 is 4.39 Å². The summed E-state index contributed by atoms with van der Waals surface area (Å²) < 4.78 is 15.6. The summed E-state index contributed by atoms with van der Waals surface area (Å²) in [7, 11) is 0. The fourth-order valence-electron chi connectivity index (χ4n) is 6.38. The Labute approximate surface area is 181 Å². The third-order valence-electron chi connectivity index (χ3n) is 8.12. The molecule has 0 spiro atoms. The number of rotatable bonds is 5. The molecule has 2 aliphatic carbocycles. The van der Waals surface area contributed by atoms with Crippen LogP contribution in [0.4, 0.5) is 4.39 Å². The molecule has 1 nitrogen and oxygen atoms in total. The molecule has 0 amide bonds. The fourth-order valence-corrected chi connectivity index (χ4v) is 6.38. The second-order valence-corrected chi connectivity index (χ2v) is 10.7. The number of fused-ring (bicyclic) bond motifs is 1. The zero-order chi connectivity index (χ0) is 21.8. The largest absolute Gasteiger partial charge is 0.256 e. The molecule has 1 heterocycles. The van der Waals surface area contributed by atoms with Gasteiger partial charge in [0.15, 0.2) is 0 Å². The van der Waals surface area contributed by atoms with Crippen LogP contribution in [0, 0.1) is 23.2 Å². The quantitative estimate of drug-likeness (QED) is 0.488. The van der Waals surface area contributed by atoms with Crippen molar-refractivity contribution in [2.45, 2.75) is 73.1 Å². The van der Waals surface area contributed by atoms with E-state index in [2.05, 4.69) is 72.7 Å². The molecule has 1 aromatic carbocycles. The minimum absolute atomic E-state index is 0.0457. The van der Waals surface area contributed by atoms with Crippen molar-refractivity contribution in [3.05, 3.63) is 59.2 Å². The predicted molar refractivity (Wildman–Crippen MR) is 126 cm³/mol. The maximum Gasteiger partial charge on any atom is 0.123 e. The average Bonchev–Trinajstić information content (AvgIpc) is 2.70. The highest BCUT2D eigenvalue weighted by molar-refractivity contribution is 6.00. The Morgan fingerprint density at radius 3 is 2.60 bits per heavy atom. The Morgan fingerprint density at radius 2 is 1.93 bits per heavy atom. The van der Waals surface area contributed by atoms with Gasteiger partial charge in [-0.05, 0) is 64.7 Å². The average molecular weight is 406 g/mol.